The Morgan fingerprint density at radius 2 is 1.73 bits per heavy atom. The van der Waals surface area contributed by atoms with Gasteiger partial charge in [0.2, 0.25) is 5.75 Å². The van der Waals surface area contributed by atoms with Gasteiger partial charge in [-0.15, -0.1) is 4.31 Å². The molecule has 1 atom stereocenters. The molecule has 2 aliphatic rings. The van der Waals surface area contributed by atoms with Gasteiger partial charge in [-0.1, -0.05) is 25.1 Å². The number of ether oxygens (including phenoxy) is 1. The number of hydrogen-bond acceptors (Lipinski definition) is 7. The third-order valence-electron chi connectivity index (χ3n) is 7.76. The summed E-state index contributed by atoms with van der Waals surface area (Å²) in [7, 11) is 0. The first kappa shape index (κ1) is 26.5. The maximum atomic E-state index is 13.6. The van der Waals surface area contributed by atoms with Crippen LogP contribution in [0.1, 0.15) is 25.3 Å². The molecule has 1 aliphatic carbocycles. The summed E-state index contributed by atoms with van der Waals surface area (Å²) in [5.74, 6) is 0.680. The fourth-order valence-electron chi connectivity index (χ4n) is 4.89. The van der Waals surface area contributed by atoms with E-state index in [0.29, 0.717) is 61.4 Å². The topological polar surface area (TPSA) is 105 Å². The Kier molecular flexibility index (Phi) is 7.31. The number of benzene rings is 2. The van der Waals surface area contributed by atoms with Crippen LogP contribution < -0.4 is 20.9 Å². The quantitative estimate of drug-likeness (QED) is 0.246. The number of nitrogens with two attached hydrogens (primary N) is 1. The number of anilines is 2. The van der Waals surface area contributed by atoms with Crippen LogP contribution in [0, 0.1) is 5.41 Å². The molecule has 2 N–H and O–H groups in total. The zero-order chi connectivity index (χ0) is 27.7. The van der Waals surface area contributed by atoms with Crippen molar-refractivity contribution in [2.45, 2.75) is 25.5 Å². The molecule has 1 saturated carbocycles. The highest BCUT2D eigenvalue weighted by Gasteiger charge is 2.39. The second-order valence-corrected chi connectivity index (χ2v) is 12.3. The van der Waals surface area contributed by atoms with Crippen LogP contribution in [-0.2, 0) is 17.1 Å². The summed E-state index contributed by atoms with van der Waals surface area (Å²) >= 11 is -1.23. The molecular formula is C30H34N6O3S. The molecule has 2 fully saturated rings. The standard InChI is InChI=1S/C30H34N6O3S/c1-30(11-12-30)22-39-28-27(20-32-36(29(28)37)24-7-3-2-4-8-24)34-15-17-35(18-16-34)40(38)21-23-19-25(9-10-26(23)31)33-13-5-6-14-33/h2-10,13-14,19-20H,11-12,15-18,21-22,31H2,1H3. The maximum Gasteiger partial charge on any atom is 0.316 e. The Morgan fingerprint density at radius 1 is 1.00 bits per heavy atom. The molecule has 4 aromatic rings. The van der Waals surface area contributed by atoms with Crippen LogP contribution in [0.25, 0.3) is 11.4 Å². The monoisotopic (exact) mass is 558 g/mol. The average molecular weight is 559 g/mol. The minimum Gasteiger partial charge on any atom is -0.598 e. The first-order valence-electron chi connectivity index (χ1n) is 13.6. The Labute approximate surface area is 237 Å². The predicted molar refractivity (Wildman–Crippen MR) is 158 cm³/mol. The molecule has 1 aliphatic heterocycles. The number of nitrogens with zero attached hydrogens (tertiary/aromatic N) is 5. The molecule has 0 amide bonds. The Hall–Kier alpha value is -3.73. The van der Waals surface area contributed by atoms with E-state index < -0.39 is 11.4 Å². The highest BCUT2D eigenvalue weighted by Crippen LogP contribution is 2.45. The number of piperazine rings is 1. The summed E-state index contributed by atoms with van der Waals surface area (Å²) in [6.45, 7) is 5.06. The van der Waals surface area contributed by atoms with Gasteiger partial charge in [0.05, 0.1) is 31.6 Å². The minimum atomic E-state index is -1.23. The Bertz CT molecular complexity index is 1510. The lowest BCUT2D eigenvalue weighted by Gasteiger charge is -2.36. The SMILES string of the molecule is CC1(COc2c(N3CCN([S+]([O-])Cc4cc(-n5cccc5)ccc4N)CC3)cnn(-c3ccccc3)c2=O)CC1. The van der Waals surface area contributed by atoms with Crippen LogP contribution in [0.3, 0.4) is 0 Å². The number of nitrogen functional groups attached to an aromatic ring is 1. The van der Waals surface area contributed by atoms with Gasteiger partial charge in [-0.05, 0) is 55.3 Å². The van der Waals surface area contributed by atoms with Crippen molar-refractivity contribution in [2.75, 3.05) is 43.4 Å². The molecule has 1 unspecified atom stereocenters. The Balaban J connectivity index is 1.17. The fraction of sp³-hybridized carbons (Fsp3) is 0.333. The van der Waals surface area contributed by atoms with E-state index in [2.05, 4.69) is 16.9 Å². The van der Waals surface area contributed by atoms with Crippen molar-refractivity contribution in [1.29, 1.82) is 0 Å². The molecular weight excluding hydrogens is 524 g/mol. The van der Waals surface area contributed by atoms with Crippen molar-refractivity contribution in [2.24, 2.45) is 5.41 Å². The zero-order valence-electron chi connectivity index (χ0n) is 22.6. The van der Waals surface area contributed by atoms with Crippen molar-refractivity contribution < 1.29 is 9.29 Å². The fourth-order valence-corrected chi connectivity index (χ4v) is 6.16. The molecule has 40 heavy (non-hydrogen) atoms. The first-order chi connectivity index (χ1) is 19.4. The minimum absolute atomic E-state index is 0.126. The van der Waals surface area contributed by atoms with Gasteiger partial charge in [0.1, 0.15) is 5.69 Å². The van der Waals surface area contributed by atoms with Gasteiger partial charge < -0.3 is 24.5 Å². The van der Waals surface area contributed by atoms with E-state index in [1.54, 1.807) is 6.20 Å². The molecule has 3 heterocycles. The van der Waals surface area contributed by atoms with Crippen LogP contribution in [0.4, 0.5) is 11.4 Å². The molecule has 2 aromatic heterocycles. The van der Waals surface area contributed by atoms with Gasteiger partial charge in [0.25, 0.3) is 0 Å². The summed E-state index contributed by atoms with van der Waals surface area (Å²) < 4.78 is 25.0. The van der Waals surface area contributed by atoms with Crippen LogP contribution in [-0.4, -0.2) is 56.0 Å². The smallest absolute Gasteiger partial charge is 0.316 e. The molecule has 9 nitrogen and oxygen atoms in total. The summed E-state index contributed by atoms with van der Waals surface area (Å²) in [6.07, 6.45) is 7.87. The number of para-hydroxylation sites is 1. The molecule has 0 spiro atoms. The average Bonchev–Trinajstić information content (AvgIpc) is 3.46. The van der Waals surface area contributed by atoms with E-state index in [4.69, 9.17) is 10.5 Å². The van der Waals surface area contributed by atoms with Gasteiger partial charge in [0.15, 0.2) is 5.75 Å². The van der Waals surface area contributed by atoms with E-state index in [-0.39, 0.29) is 11.0 Å². The highest BCUT2D eigenvalue weighted by atomic mass is 32.2. The van der Waals surface area contributed by atoms with Crippen molar-refractivity contribution in [3.8, 4) is 17.1 Å². The molecule has 6 rings (SSSR count). The Morgan fingerprint density at radius 3 is 2.42 bits per heavy atom. The molecule has 0 radical (unpaired) electrons. The van der Waals surface area contributed by atoms with Gasteiger partial charge in [-0.3, -0.25) is 4.79 Å². The lowest BCUT2D eigenvalue weighted by atomic mass is 10.2. The van der Waals surface area contributed by atoms with E-state index in [1.165, 1.54) is 4.68 Å². The van der Waals surface area contributed by atoms with Crippen LogP contribution in [0.5, 0.6) is 5.75 Å². The van der Waals surface area contributed by atoms with Gasteiger partial charge >= 0.3 is 5.56 Å². The van der Waals surface area contributed by atoms with Gasteiger partial charge in [0, 0.05) is 59.2 Å². The lowest BCUT2D eigenvalue weighted by molar-refractivity contribution is 0.242. The van der Waals surface area contributed by atoms with Crippen molar-refractivity contribution in [3.63, 3.8) is 0 Å². The normalized spacial score (nSPS) is 17.5. The van der Waals surface area contributed by atoms with E-state index in [0.717, 1.165) is 24.1 Å². The van der Waals surface area contributed by atoms with Gasteiger partial charge in [-0.25, -0.2) is 0 Å². The largest absolute Gasteiger partial charge is 0.598 e. The number of hydrogen-bond donors (Lipinski definition) is 1. The number of rotatable bonds is 9. The van der Waals surface area contributed by atoms with Crippen LogP contribution in [0.15, 0.2) is 84.0 Å². The van der Waals surface area contributed by atoms with Crippen LogP contribution in [0.2, 0.25) is 0 Å². The summed E-state index contributed by atoms with van der Waals surface area (Å²) in [4.78, 5) is 15.7. The lowest BCUT2D eigenvalue weighted by Crippen LogP contribution is -2.49. The molecule has 0 bridgehead atoms. The molecule has 2 aromatic carbocycles. The van der Waals surface area contributed by atoms with Crippen molar-refractivity contribution >= 4 is 22.7 Å². The van der Waals surface area contributed by atoms with Crippen molar-refractivity contribution in [1.82, 2.24) is 18.7 Å². The van der Waals surface area contributed by atoms with E-state index in [1.807, 2.05) is 81.9 Å². The summed E-state index contributed by atoms with van der Waals surface area (Å²) in [6, 6.07) is 19.2. The van der Waals surface area contributed by atoms with E-state index in [9.17, 15) is 9.35 Å². The maximum absolute atomic E-state index is 13.6. The molecule has 10 heteroatoms. The zero-order valence-corrected chi connectivity index (χ0v) is 23.4. The second kappa shape index (κ2) is 11.0. The number of aromatic nitrogens is 3. The van der Waals surface area contributed by atoms with Gasteiger partial charge in [-0.2, -0.15) is 9.78 Å². The first-order valence-corrected chi connectivity index (χ1v) is 14.9. The molecule has 208 valence electrons. The molecule has 1 saturated heterocycles. The van der Waals surface area contributed by atoms with E-state index >= 15 is 0 Å². The van der Waals surface area contributed by atoms with Crippen LogP contribution >= 0.6 is 0 Å². The third-order valence-corrected chi connectivity index (χ3v) is 9.26. The highest BCUT2D eigenvalue weighted by molar-refractivity contribution is 7.88. The summed E-state index contributed by atoms with van der Waals surface area (Å²) in [5.41, 5.74) is 9.98. The summed E-state index contributed by atoms with van der Waals surface area (Å²) in [5, 5.41) is 4.49. The van der Waals surface area contributed by atoms with Crippen molar-refractivity contribution in [3.05, 3.63) is 95.2 Å². The third kappa shape index (κ3) is 5.60. The second-order valence-electron chi connectivity index (χ2n) is 10.9. The predicted octanol–water partition coefficient (Wildman–Crippen LogP) is 3.77.